The van der Waals surface area contributed by atoms with Gasteiger partial charge in [-0.1, -0.05) is 17.7 Å². The molecule has 38 heavy (non-hydrogen) atoms. The predicted molar refractivity (Wildman–Crippen MR) is 148 cm³/mol. The van der Waals surface area contributed by atoms with Gasteiger partial charge in [-0.2, -0.15) is 0 Å². The van der Waals surface area contributed by atoms with Gasteiger partial charge in [-0.3, -0.25) is 9.78 Å². The second-order valence-electron chi connectivity index (χ2n) is 9.98. The van der Waals surface area contributed by atoms with Gasteiger partial charge in [-0.05, 0) is 99.3 Å². The Kier molecular flexibility index (Phi) is 9.85. The van der Waals surface area contributed by atoms with Crippen molar-refractivity contribution in [2.45, 2.75) is 49.6 Å². The highest BCUT2D eigenvalue weighted by Crippen LogP contribution is 2.44. The van der Waals surface area contributed by atoms with Crippen molar-refractivity contribution in [3.8, 4) is 5.75 Å². The number of nitrogens with zero attached hydrogens (tertiary/aromatic N) is 2. The molecule has 2 heterocycles. The Balaban J connectivity index is 1.35. The Hall–Kier alpha value is -2.42. The third-order valence-electron chi connectivity index (χ3n) is 7.44. The smallest absolute Gasteiger partial charge is 0.303 e. The van der Waals surface area contributed by atoms with Crippen LogP contribution in [0.1, 0.15) is 50.3 Å². The van der Waals surface area contributed by atoms with Crippen LogP contribution in [0.15, 0.2) is 53.6 Å². The summed E-state index contributed by atoms with van der Waals surface area (Å²) in [6, 6.07) is 11.9. The molecule has 1 aromatic heterocycles. The normalized spacial score (nSPS) is 16.4. The number of carboxylic acid groups (broad SMARTS) is 1. The number of pyridine rings is 1. The third kappa shape index (κ3) is 7.36. The number of carbonyl (C=O) groups is 1. The number of piperidine rings is 1. The molecule has 1 atom stereocenters. The molecule has 204 valence electrons. The highest BCUT2D eigenvalue weighted by atomic mass is 35.5. The average molecular weight is 563 g/mol. The maximum Gasteiger partial charge on any atom is 0.303 e. The van der Waals surface area contributed by atoms with Crippen LogP contribution in [0.25, 0.3) is 10.9 Å². The molecule has 1 saturated heterocycles. The molecule has 0 saturated carbocycles. The first-order chi connectivity index (χ1) is 18.3. The Labute approximate surface area is 231 Å². The minimum Gasteiger partial charge on any atom is -0.497 e. The summed E-state index contributed by atoms with van der Waals surface area (Å²) in [7, 11) is 1.55. The van der Waals surface area contributed by atoms with Gasteiger partial charge >= 0.3 is 5.97 Å². The molecule has 0 spiro atoms. The SMILES string of the molecule is COc1ccc2ncc(Cl)c(C(F)CCC3(CC(=O)O)CCN(CCCSc4cccc(F)c4)CC3)c2c1. The lowest BCUT2D eigenvalue weighted by Gasteiger charge is -2.41. The fourth-order valence-electron chi connectivity index (χ4n) is 5.31. The molecule has 1 fully saturated rings. The van der Waals surface area contributed by atoms with E-state index >= 15 is 4.39 Å². The Morgan fingerprint density at radius 1 is 1.26 bits per heavy atom. The Bertz CT molecular complexity index is 1250. The molecule has 5 nitrogen and oxygen atoms in total. The maximum atomic E-state index is 15.7. The number of benzene rings is 2. The van der Waals surface area contributed by atoms with Gasteiger partial charge in [0.15, 0.2) is 0 Å². The second-order valence-corrected chi connectivity index (χ2v) is 11.6. The zero-order valence-corrected chi connectivity index (χ0v) is 23.0. The summed E-state index contributed by atoms with van der Waals surface area (Å²) in [5, 5.41) is 10.5. The quantitative estimate of drug-likeness (QED) is 0.181. The lowest BCUT2D eigenvalue weighted by Crippen LogP contribution is -2.41. The lowest BCUT2D eigenvalue weighted by molar-refractivity contribution is -0.141. The van der Waals surface area contributed by atoms with E-state index in [1.54, 1.807) is 49.2 Å². The van der Waals surface area contributed by atoms with Gasteiger partial charge in [0.1, 0.15) is 17.7 Å². The van der Waals surface area contributed by atoms with Crippen molar-refractivity contribution in [1.29, 1.82) is 0 Å². The van der Waals surface area contributed by atoms with Gasteiger partial charge in [0.25, 0.3) is 0 Å². The number of alkyl halides is 1. The molecular weight excluding hydrogens is 530 g/mol. The number of thioether (sulfide) groups is 1. The van der Waals surface area contributed by atoms with E-state index in [0.29, 0.717) is 41.5 Å². The number of aromatic nitrogens is 1. The van der Waals surface area contributed by atoms with Gasteiger partial charge in [0, 0.05) is 22.0 Å². The first-order valence-electron chi connectivity index (χ1n) is 12.9. The van der Waals surface area contributed by atoms with Crippen LogP contribution in [0.2, 0.25) is 5.02 Å². The molecule has 0 amide bonds. The fraction of sp³-hybridized carbons (Fsp3) is 0.448. The van der Waals surface area contributed by atoms with Crippen LogP contribution in [0.3, 0.4) is 0 Å². The average Bonchev–Trinajstić information content (AvgIpc) is 2.90. The molecule has 0 bridgehead atoms. The predicted octanol–water partition coefficient (Wildman–Crippen LogP) is 7.57. The molecule has 3 aromatic rings. The van der Waals surface area contributed by atoms with Crippen LogP contribution in [0, 0.1) is 11.2 Å². The number of methoxy groups -OCH3 is 1. The Morgan fingerprint density at radius 2 is 2.05 bits per heavy atom. The van der Waals surface area contributed by atoms with Gasteiger partial charge in [0.2, 0.25) is 0 Å². The summed E-state index contributed by atoms with van der Waals surface area (Å²) in [4.78, 5) is 19.3. The first-order valence-corrected chi connectivity index (χ1v) is 14.2. The number of halogens is 3. The second kappa shape index (κ2) is 13.1. The maximum absolute atomic E-state index is 15.7. The molecule has 4 rings (SSSR count). The van der Waals surface area contributed by atoms with Crippen LogP contribution < -0.4 is 4.74 Å². The number of rotatable bonds is 12. The van der Waals surface area contributed by atoms with Crippen LogP contribution in [-0.2, 0) is 4.79 Å². The number of aliphatic carboxylic acids is 1. The van der Waals surface area contributed by atoms with Crippen LogP contribution in [-0.4, -0.2) is 53.5 Å². The number of hydrogen-bond donors (Lipinski definition) is 1. The number of carboxylic acids is 1. The van der Waals surface area contributed by atoms with Gasteiger partial charge in [-0.25, -0.2) is 8.78 Å². The van der Waals surface area contributed by atoms with E-state index < -0.39 is 17.6 Å². The minimum absolute atomic E-state index is 0.0294. The molecule has 0 aliphatic carbocycles. The molecule has 9 heteroatoms. The van der Waals surface area contributed by atoms with E-state index in [4.69, 9.17) is 16.3 Å². The van der Waals surface area contributed by atoms with Gasteiger partial charge < -0.3 is 14.7 Å². The summed E-state index contributed by atoms with van der Waals surface area (Å²) in [6.07, 6.45) is 3.18. The molecule has 0 radical (unpaired) electrons. The van der Waals surface area contributed by atoms with Crippen molar-refractivity contribution >= 4 is 40.2 Å². The third-order valence-corrected chi connectivity index (χ3v) is 8.82. The summed E-state index contributed by atoms with van der Waals surface area (Å²) in [5.74, 6) is 0.404. The van der Waals surface area contributed by atoms with Crippen molar-refractivity contribution in [2.24, 2.45) is 5.41 Å². The fourth-order valence-corrected chi connectivity index (χ4v) is 6.46. The van der Waals surface area contributed by atoms with Crippen LogP contribution in [0.5, 0.6) is 5.75 Å². The summed E-state index contributed by atoms with van der Waals surface area (Å²) in [5.41, 5.74) is 0.571. The van der Waals surface area contributed by atoms with E-state index in [2.05, 4.69) is 9.88 Å². The molecule has 1 aliphatic heterocycles. The van der Waals surface area contributed by atoms with E-state index in [0.717, 1.165) is 36.7 Å². The molecule has 1 N–H and O–H groups in total. The van der Waals surface area contributed by atoms with Crippen molar-refractivity contribution in [2.75, 3.05) is 32.5 Å². The standard InChI is InChI=1S/C29H33ClF2N2O3S/c1-37-21-6-7-26-23(17-21)28(24(30)19-33-26)25(32)8-9-29(18-27(35)36)10-13-34(14-11-29)12-3-15-38-22-5-2-4-20(31)16-22/h2,4-7,16-17,19,25H,3,8-15,18H2,1H3,(H,35,36). The van der Waals surface area contributed by atoms with Crippen molar-refractivity contribution < 1.29 is 23.4 Å². The van der Waals surface area contributed by atoms with Crippen molar-refractivity contribution in [1.82, 2.24) is 9.88 Å². The molecular formula is C29H33ClF2N2O3S. The highest BCUT2D eigenvalue weighted by Gasteiger charge is 2.37. The number of fused-ring (bicyclic) bond motifs is 1. The zero-order valence-electron chi connectivity index (χ0n) is 21.5. The van der Waals surface area contributed by atoms with E-state index in [-0.39, 0.29) is 23.7 Å². The highest BCUT2D eigenvalue weighted by molar-refractivity contribution is 7.99. The molecule has 1 aliphatic rings. The number of likely N-dealkylation sites (tertiary alicyclic amines) is 1. The molecule has 1 unspecified atom stereocenters. The largest absolute Gasteiger partial charge is 0.497 e. The zero-order chi connectivity index (χ0) is 27.1. The van der Waals surface area contributed by atoms with Gasteiger partial charge in [-0.15, -0.1) is 11.8 Å². The van der Waals surface area contributed by atoms with Gasteiger partial charge in [0.05, 0.1) is 24.1 Å². The summed E-state index contributed by atoms with van der Waals surface area (Å²) < 4.78 is 34.4. The van der Waals surface area contributed by atoms with E-state index in [1.165, 1.54) is 12.3 Å². The number of ether oxygens (including phenoxy) is 1. The minimum atomic E-state index is -1.34. The summed E-state index contributed by atoms with van der Waals surface area (Å²) >= 11 is 8.03. The van der Waals surface area contributed by atoms with Crippen LogP contribution in [0.4, 0.5) is 8.78 Å². The Morgan fingerprint density at radius 3 is 2.76 bits per heavy atom. The monoisotopic (exact) mass is 562 g/mol. The lowest BCUT2D eigenvalue weighted by atomic mass is 9.71. The number of hydrogen-bond acceptors (Lipinski definition) is 5. The van der Waals surface area contributed by atoms with Crippen LogP contribution >= 0.6 is 23.4 Å². The van der Waals surface area contributed by atoms with E-state index in [9.17, 15) is 14.3 Å². The summed E-state index contributed by atoms with van der Waals surface area (Å²) in [6.45, 7) is 2.47. The van der Waals surface area contributed by atoms with Crippen molar-refractivity contribution in [3.63, 3.8) is 0 Å². The van der Waals surface area contributed by atoms with E-state index in [1.807, 2.05) is 6.07 Å². The first kappa shape index (κ1) is 28.6. The topological polar surface area (TPSA) is 62.7 Å². The van der Waals surface area contributed by atoms with Crippen molar-refractivity contribution in [3.05, 3.63) is 65.1 Å². The molecule has 2 aromatic carbocycles.